The molecule has 1 rings (SSSR count). The van der Waals surface area contributed by atoms with E-state index < -0.39 is 0 Å². The van der Waals surface area contributed by atoms with Gasteiger partial charge in [0.1, 0.15) is 5.82 Å². The Bertz CT molecular complexity index is 408. The summed E-state index contributed by atoms with van der Waals surface area (Å²) in [5, 5.41) is 11.9. The summed E-state index contributed by atoms with van der Waals surface area (Å²) in [6.07, 6.45) is 1.00. The number of nitriles is 1. The summed E-state index contributed by atoms with van der Waals surface area (Å²) in [4.78, 5) is 2.34. The van der Waals surface area contributed by atoms with Gasteiger partial charge in [-0.3, -0.25) is 0 Å². The fraction of sp³-hybridized carbons (Fsp3) is 0.500. The van der Waals surface area contributed by atoms with Gasteiger partial charge in [0.15, 0.2) is 0 Å². The molecule has 0 aliphatic heterocycles. The summed E-state index contributed by atoms with van der Waals surface area (Å²) in [6, 6.07) is 6.27. The first-order valence-electron chi connectivity index (χ1n) is 6.36. The van der Waals surface area contributed by atoms with Crippen molar-refractivity contribution in [2.45, 2.75) is 20.3 Å². The van der Waals surface area contributed by atoms with Crippen molar-refractivity contribution in [3.05, 3.63) is 29.6 Å². The quantitative estimate of drug-likeness (QED) is 0.755. The second-order valence-corrected chi connectivity index (χ2v) is 4.15. The topological polar surface area (TPSA) is 39.1 Å². The van der Waals surface area contributed by atoms with Gasteiger partial charge < -0.3 is 10.2 Å². The van der Waals surface area contributed by atoms with Gasteiger partial charge in [-0.25, -0.2) is 4.39 Å². The van der Waals surface area contributed by atoms with E-state index in [9.17, 15) is 4.39 Å². The molecule has 3 nitrogen and oxygen atoms in total. The minimum absolute atomic E-state index is 0.348. The van der Waals surface area contributed by atoms with Crippen molar-refractivity contribution < 1.29 is 4.39 Å². The zero-order chi connectivity index (χ0) is 13.4. The highest BCUT2D eigenvalue weighted by molar-refractivity contribution is 5.49. The number of halogens is 1. The van der Waals surface area contributed by atoms with E-state index in [1.165, 1.54) is 12.1 Å². The smallest absolute Gasteiger partial charge is 0.126 e. The van der Waals surface area contributed by atoms with E-state index in [1.54, 1.807) is 6.07 Å². The van der Waals surface area contributed by atoms with Crippen LogP contribution in [0.4, 0.5) is 10.1 Å². The lowest BCUT2D eigenvalue weighted by Crippen LogP contribution is -2.25. The molecule has 0 atom stereocenters. The average molecular weight is 249 g/mol. The van der Waals surface area contributed by atoms with E-state index in [4.69, 9.17) is 5.26 Å². The molecule has 0 heterocycles. The van der Waals surface area contributed by atoms with Crippen LogP contribution in [0.1, 0.15) is 25.8 Å². The molecule has 1 aromatic carbocycles. The first-order chi connectivity index (χ1) is 8.69. The number of benzene rings is 1. The largest absolute Gasteiger partial charge is 0.385 e. The van der Waals surface area contributed by atoms with Crippen LogP contribution in [-0.2, 0) is 0 Å². The number of anilines is 1. The Labute approximate surface area is 108 Å². The van der Waals surface area contributed by atoms with Gasteiger partial charge in [-0.1, -0.05) is 13.8 Å². The van der Waals surface area contributed by atoms with Crippen molar-refractivity contribution >= 4 is 5.69 Å². The molecule has 0 amide bonds. The van der Waals surface area contributed by atoms with Gasteiger partial charge in [-0.05, 0) is 44.3 Å². The third-order valence-electron chi connectivity index (χ3n) is 2.90. The Kier molecular flexibility index (Phi) is 6.16. The van der Waals surface area contributed by atoms with Crippen LogP contribution < -0.4 is 5.32 Å². The summed E-state index contributed by atoms with van der Waals surface area (Å²) >= 11 is 0. The molecule has 0 aliphatic rings. The first-order valence-corrected chi connectivity index (χ1v) is 6.36. The van der Waals surface area contributed by atoms with Crippen LogP contribution >= 0.6 is 0 Å². The van der Waals surface area contributed by atoms with Crippen molar-refractivity contribution in [2.75, 3.05) is 31.5 Å². The lowest BCUT2D eigenvalue weighted by molar-refractivity contribution is 0.303. The third kappa shape index (κ3) is 4.72. The normalized spacial score (nSPS) is 10.4. The van der Waals surface area contributed by atoms with E-state index in [2.05, 4.69) is 24.1 Å². The molecular weight excluding hydrogens is 229 g/mol. The van der Waals surface area contributed by atoms with Crippen molar-refractivity contribution in [3.8, 4) is 6.07 Å². The first kappa shape index (κ1) is 14.5. The van der Waals surface area contributed by atoms with Crippen LogP contribution in [0.3, 0.4) is 0 Å². The molecule has 0 spiro atoms. The predicted molar refractivity (Wildman–Crippen MR) is 72.0 cm³/mol. The van der Waals surface area contributed by atoms with Crippen molar-refractivity contribution in [1.29, 1.82) is 5.26 Å². The van der Waals surface area contributed by atoms with Gasteiger partial charge in [0.25, 0.3) is 0 Å². The molecule has 98 valence electrons. The fourth-order valence-electron chi connectivity index (χ4n) is 1.83. The SMILES string of the molecule is CCN(CC)CCCNc1cc(F)cc(C#N)c1. The number of nitrogens with one attached hydrogen (secondary N) is 1. The average Bonchev–Trinajstić information content (AvgIpc) is 2.38. The molecular formula is C14H20FN3. The molecule has 0 saturated carbocycles. The van der Waals surface area contributed by atoms with E-state index in [0.29, 0.717) is 11.3 Å². The lowest BCUT2D eigenvalue weighted by Gasteiger charge is -2.17. The Morgan fingerprint density at radius 1 is 1.28 bits per heavy atom. The second-order valence-electron chi connectivity index (χ2n) is 4.15. The molecule has 1 N–H and O–H groups in total. The van der Waals surface area contributed by atoms with Gasteiger partial charge >= 0.3 is 0 Å². The van der Waals surface area contributed by atoms with Crippen LogP contribution in [0.15, 0.2) is 18.2 Å². The second kappa shape index (κ2) is 7.67. The maximum Gasteiger partial charge on any atom is 0.126 e. The van der Waals surface area contributed by atoms with Gasteiger partial charge in [0.2, 0.25) is 0 Å². The summed E-state index contributed by atoms with van der Waals surface area (Å²) in [5.74, 6) is -0.375. The van der Waals surface area contributed by atoms with Crippen LogP contribution in [-0.4, -0.2) is 31.1 Å². The third-order valence-corrected chi connectivity index (χ3v) is 2.90. The highest BCUT2D eigenvalue weighted by Gasteiger charge is 2.01. The molecule has 0 aromatic heterocycles. The summed E-state index contributed by atoms with van der Waals surface area (Å²) in [5.41, 5.74) is 1.02. The molecule has 18 heavy (non-hydrogen) atoms. The fourth-order valence-corrected chi connectivity index (χ4v) is 1.83. The summed E-state index contributed by atoms with van der Waals surface area (Å²) in [7, 11) is 0. The van der Waals surface area contributed by atoms with Crippen LogP contribution in [0.2, 0.25) is 0 Å². The molecule has 0 unspecified atom stereocenters. The number of hydrogen-bond donors (Lipinski definition) is 1. The Morgan fingerprint density at radius 3 is 2.61 bits per heavy atom. The minimum Gasteiger partial charge on any atom is -0.385 e. The van der Waals surface area contributed by atoms with Crippen LogP contribution in [0.5, 0.6) is 0 Å². The zero-order valence-corrected chi connectivity index (χ0v) is 11.0. The van der Waals surface area contributed by atoms with E-state index in [1.807, 2.05) is 6.07 Å². The van der Waals surface area contributed by atoms with Crippen LogP contribution in [0.25, 0.3) is 0 Å². The maximum absolute atomic E-state index is 13.2. The number of nitrogens with zero attached hydrogens (tertiary/aromatic N) is 2. The van der Waals surface area contributed by atoms with Gasteiger partial charge in [0, 0.05) is 12.2 Å². The molecule has 0 bridgehead atoms. The highest BCUT2D eigenvalue weighted by atomic mass is 19.1. The maximum atomic E-state index is 13.2. The molecule has 0 aliphatic carbocycles. The predicted octanol–water partition coefficient (Wildman–Crippen LogP) is 2.84. The van der Waals surface area contributed by atoms with E-state index in [0.717, 1.165) is 32.6 Å². The lowest BCUT2D eigenvalue weighted by atomic mass is 10.2. The van der Waals surface area contributed by atoms with E-state index in [-0.39, 0.29) is 5.82 Å². The Hall–Kier alpha value is -1.60. The Balaban J connectivity index is 2.40. The molecule has 0 fully saturated rings. The van der Waals surface area contributed by atoms with Crippen LogP contribution in [0, 0.1) is 17.1 Å². The summed E-state index contributed by atoms with van der Waals surface area (Å²) in [6.45, 7) is 8.20. The van der Waals surface area contributed by atoms with Crippen molar-refractivity contribution in [3.63, 3.8) is 0 Å². The van der Waals surface area contributed by atoms with E-state index >= 15 is 0 Å². The van der Waals surface area contributed by atoms with Gasteiger partial charge in [-0.15, -0.1) is 0 Å². The molecule has 4 heteroatoms. The van der Waals surface area contributed by atoms with Crippen molar-refractivity contribution in [2.24, 2.45) is 0 Å². The Morgan fingerprint density at radius 2 is 2.00 bits per heavy atom. The highest BCUT2D eigenvalue weighted by Crippen LogP contribution is 2.13. The molecule has 0 saturated heterocycles. The van der Waals surface area contributed by atoms with Gasteiger partial charge in [0.05, 0.1) is 11.6 Å². The zero-order valence-electron chi connectivity index (χ0n) is 11.0. The monoisotopic (exact) mass is 249 g/mol. The number of rotatable bonds is 7. The summed E-state index contributed by atoms with van der Waals surface area (Å²) < 4.78 is 13.2. The standard InChI is InChI=1S/C14H20FN3/c1-3-18(4-2)7-5-6-17-14-9-12(11-16)8-13(15)10-14/h8-10,17H,3-7H2,1-2H3. The van der Waals surface area contributed by atoms with Gasteiger partial charge in [-0.2, -0.15) is 5.26 Å². The molecule has 1 aromatic rings. The minimum atomic E-state index is -0.375. The van der Waals surface area contributed by atoms with Crippen molar-refractivity contribution in [1.82, 2.24) is 4.90 Å². The molecule has 0 radical (unpaired) electrons. The number of hydrogen-bond acceptors (Lipinski definition) is 3.